The molecule has 0 radical (unpaired) electrons. The maximum Gasteiger partial charge on any atom is 0.401 e. The van der Waals surface area contributed by atoms with Gasteiger partial charge in [0.1, 0.15) is 0 Å². The van der Waals surface area contributed by atoms with E-state index in [1.165, 1.54) is 4.90 Å². The summed E-state index contributed by atoms with van der Waals surface area (Å²) in [5.74, 6) is 0. The average Bonchev–Trinajstić information content (AvgIpc) is 2.35. The van der Waals surface area contributed by atoms with Gasteiger partial charge in [0, 0.05) is 17.6 Å². The zero-order valence-electron chi connectivity index (χ0n) is 11.5. The molecule has 0 amide bonds. The lowest BCUT2D eigenvalue weighted by Gasteiger charge is -2.24. The minimum Gasteiger partial charge on any atom is -0.324 e. The Bertz CT molecular complexity index is 392. The fourth-order valence-electron chi connectivity index (χ4n) is 2.04. The average molecular weight is 309 g/mol. The molecule has 0 aliphatic rings. The van der Waals surface area contributed by atoms with Gasteiger partial charge in [-0.25, -0.2) is 0 Å². The summed E-state index contributed by atoms with van der Waals surface area (Å²) in [5.41, 5.74) is 6.89. The molecule has 6 heteroatoms. The summed E-state index contributed by atoms with van der Waals surface area (Å²) in [6.45, 7) is 1.74. The number of rotatable bonds is 7. The third-order valence-corrected chi connectivity index (χ3v) is 3.25. The van der Waals surface area contributed by atoms with E-state index in [4.69, 9.17) is 17.3 Å². The predicted octanol–water partition coefficient (Wildman–Crippen LogP) is 4.00. The summed E-state index contributed by atoms with van der Waals surface area (Å²) in [5, 5.41) is 0.616. The highest BCUT2D eigenvalue weighted by Crippen LogP contribution is 2.20. The highest BCUT2D eigenvalue weighted by molar-refractivity contribution is 6.30. The van der Waals surface area contributed by atoms with Gasteiger partial charge in [0.2, 0.25) is 0 Å². The summed E-state index contributed by atoms with van der Waals surface area (Å²) in [6, 6.07) is 6.80. The molecule has 1 rings (SSSR count). The molecule has 0 saturated carbocycles. The van der Waals surface area contributed by atoms with Gasteiger partial charge in [-0.1, -0.05) is 30.7 Å². The Morgan fingerprint density at radius 3 is 2.30 bits per heavy atom. The van der Waals surface area contributed by atoms with Crippen molar-refractivity contribution < 1.29 is 13.2 Å². The first-order chi connectivity index (χ1) is 9.31. The van der Waals surface area contributed by atoms with Crippen LogP contribution in [0.15, 0.2) is 24.3 Å². The van der Waals surface area contributed by atoms with Crippen LogP contribution in [0.5, 0.6) is 0 Å². The molecule has 2 N–H and O–H groups in total. The van der Waals surface area contributed by atoms with Gasteiger partial charge in [-0.15, -0.1) is 0 Å². The second-order valence-corrected chi connectivity index (χ2v) is 5.27. The van der Waals surface area contributed by atoms with Gasteiger partial charge in [-0.2, -0.15) is 13.2 Å². The van der Waals surface area contributed by atoms with Crippen LogP contribution in [0.1, 0.15) is 31.4 Å². The van der Waals surface area contributed by atoms with Crippen LogP contribution >= 0.6 is 11.6 Å². The Hall–Kier alpha value is -0.780. The number of nitrogens with zero attached hydrogens (tertiary/aromatic N) is 1. The van der Waals surface area contributed by atoms with Crippen LogP contribution in [-0.2, 0) is 0 Å². The molecule has 1 aromatic carbocycles. The molecule has 0 fully saturated rings. The van der Waals surface area contributed by atoms with E-state index in [0.29, 0.717) is 31.0 Å². The van der Waals surface area contributed by atoms with Crippen molar-refractivity contribution in [1.82, 2.24) is 4.90 Å². The van der Waals surface area contributed by atoms with Crippen LogP contribution in [0.4, 0.5) is 13.2 Å². The standard InChI is InChI=1S/C14H20ClF3N2/c1-2-8-20(10-14(16,17)18)9-7-13(19)11-3-5-12(15)6-4-11/h3-6,13H,2,7-10,19H2,1H3. The quantitative estimate of drug-likeness (QED) is 0.825. The highest BCUT2D eigenvalue weighted by atomic mass is 35.5. The molecule has 1 atom stereocenters. The molecule has 0 aliphatic heterocycles. The Morgan fingerprint density at radius 1 is 1.20 bits per heavy atom. The molecule has 1 unspecified atom stereocenters. The minimum absolute atomic E-state index is 0.278. The van der Waals surface area contributed by atoms with E-state index in [0.717, 1.165) is 5.56 Å². The lowest BCUT2D eigenvalue weighted by Crippen LogP contribution is -2.36. The van der Waals surface area contributed by atoms with Gasteiger partial charge in [-0.05, 0) is 37.1 Å². The number of hydrogen-bond acceptors (Lipinski definition) is 2. The normalized spacial score (nSPS) is 13.8. The molecule has 20 heavy (non-hydrogen) atoms. The summed E-state index contributed by atoms with van der Waals surface area (Å²) in [7, 11) is 0. The van der Waals surface area contributed by atoms with Crippen molar-refractivity contribution in [2.75, 3.05) is 19.6 Å². The van der Waals surface area contributed by atoms with E-state index in [1.54, 1.807) is 24.3 Å². The number of alkyl halides is 3. The van der Waals surface area contributed by atoms with Crippen molar-refractivity contribution >= 4 is 11.6 Å². The smallest absolute Gasteiger partial charge is 0.324 e. The second-order valence-electron chi connectivity index (χ2n) is 4.84. The highest BCUT2D eigenvalue weighted by Gasteiger charge is 2.30. The molecule has 0 heterocycles. The SMILES string of the molecule is CCCN(CCC(N)c1ccc(Cl)cc1)CC(F)(F)F. The van der Waals surface area contributed by atoms with Crippen LogP contribution < -0.4 is 5.73 Å². The Labute approximate surface area is 122 Å². The Kier molecular flexibility index (Phi) is 6.79. The van der Waals surface area contributed by atoms with Crippen molar-refractivity contribution in [3.63, 3.8) is 0 Å². The van der Waals surface area contributed by atoms with E-state index in [1.807, 2.05) is 6.92 Å². The molecule has 0 spiro atoms. The van der Waals surface area contributed by atoms with Crippen LogP contribution in [0, 0.1) is 0 Å². The van der Waals surface area contributed by atoms with Crippen LogP contribution in [0.25, 0.3) is 0 Å². The van der Waals surface area contributed by atoms with Gasteiger partial charge < -0.3 is 5.73 Å². The lowest BCUT2D eigenvalue weighted by atomic mass is 10.0. The fraction of sp³-hybridized carbons (Fsp3) is 0.571. The third-order valence-electron chi connectivity index (χ3n) is 3.00. The summed E-state index contributed by atoms with van der Waals surface area (Å²) < 4.78 is 37.3. The van der Waals surface area contributed by atoms with Crippen LogP contribution in [-0.4, -0.2) is 30.7 Å². The number of hydrogen-bond donors (Lipinski definition) is 1. The van der Waals surface area contributed by atoms with Gasteiger partial charge in [-0.3, -0.25) is 4.90 Å². The van der Waals surface area contributed by atoms with E-state index in [2.05, 4.69) is 0 Å². The van der Waals surface area contributed by atoms with Crippen molar-refractivity contribution in [3.8, 4) is 0 Å². The van der Waals surface area contributed by atoms with E-state index >= 15 is 0 Å². The molecule has 0 aliphatic carbocycles. The maximum absolute atomic E-state index is 12.4. The molecule has 0 saturated heterocycles. The van der Waals surface area contributed by atoms with Crippen molar-refractivity contribution in [2.24, 2.45) is 5.73 Å². The maximum atomic E-state index is 12.4. The minimum atomic E-state index is -4.17. The predicted molar refractivity (Wildman–Crippen MR) is 75.8 cm³/mol. The first kappa shape index (κ1) is 17.3. The molecule has 114 valence electrons. The summed E-state index contributed by atoms with van der Waals surface area (Å²) in [6.07, 6.45) is -3.00. The fourth-order valence-corrected chi connectivity index (χ4v) is 2.16. The largest absolute Gasteiger partial charge is 0.401 e. The zero-order chi connectivity index (χ0) is 15.2. The van der Waals surface area contributed by atoms with Gasteiger partial charge in [0.05, 0.1) is 6.54 Å². The summed E-state index contributed by atoms with van der Waals surface area (Å²) in [4.78, 5) is 1.40. The molecular formula is C14H20ClF3N2. The summed E-state index contributed by atoms with van der Waals surface area (Å²) >= 11 is 5.78. The zero-order valence-corrected chi connectivity index (χ0v) is 12.2. The third kappa shape index (κ3) is 6.59. The topological polar surface area (TPSA) is 29.3 Å². The number of halogens is 4. The lowest BCUT2D eigenvalue weighted by molar-refractivity contribution is -0.146. The van der Waals surface area contributed by atoms with E-state index < -0.39 is 12.7 Å². The van der Waals surface area contributed by atoms with Gasteiger partial charge >= 0.3 is 6.18 Å². The van der Waals surface area contributed by atoms with Crippen molar-refractivity contribution in [2.45, 2.75) is 32.0 Å². The van der Waals surface area contributed by atoms with E-state index in [-0.39, 0.29) is 6.04 Å². The molecule has 0 bridgehead atoms. The van der Waals surface area contributed by atoms with Crippen LogP contribution in [0.2, 0.25) is 5.02 Å². The number of benzene rings is 1. The number of nitrogens with two attached hydrogens (primary N) is 1. The molecular weight excluding hydrogens is 289 g/mol. The molecule has 1 aromatic rings. The van der Waals surface area contributed by atoms with Gasteiger partial charge in [0.25, 0.3) is 0 Å². The molecule has 2 nitrogen and oxygen atoms in total. The first-order valence-corrected chi connectivity index (χ1v) is 6.99. The van der Waals surface area contributed by atoms with Crippen molar-refractivity contribution in [1.29, 1.82) is 0 Å². The van der Waals surface area contributed by atoms with Crippen LogP contribution in [0.3, 0.4) is 0 Å². The Morgan fingerprint density at radius 2 is 1.80 bits per heavy atom. The van der Waals surface area contributed by atoms with E-state index in [9.17, 15) is 13.2 Å². The molecule has 0 aromatic heterocycles. The monoisotopic (exact) mass is 308 g/mol. The Balaban J connectivity index is 2.51. The van der Waals surface area contributed by atoms with Gasteiger partial charge in [0.15, 0.2) is 0 Å². The second kappa shape index (κ2) is 7.86. The first-order valence-electron chi connectivity index (χ1n) is 6.62. The van der Waals surface area contributed by atoms with Crippen molar-refractivity contribution in [3.05, 3.63) is 34.9 Å².